The number of benzene rings is 2. The number of pyridine rings is 1. The van der Waals surface area contributed by atoms with Gasteiger partial charge in [-0.15, -0.1) is 0 Å². The van der Waals surface area contributed by atoms with Crippen molar-refractivity contribution < 1.29 is 19.4 Å². The van der Waals surface area contributed by atoms with Gasteiger partial charge < -0.3 is 19.5 Å². The lowest BCUT2D eigenvalue weighted by Crippen LogP contribution is -2.17. The van der Waals surface area contributed by atoms with Crippen LogP contribution in [0.4, 0.5) is 11.4 Å². The molecule has 1 heterocycles. The molecule has 1 saturated carbocycles. The van der Waals surface area contributed by atoms with E-state index in [0.717, 1.165) is 35.5 Å². The molecule has 3 aromatic rings. The minimum absolute atomic E-state index is 0.215. The lowest BCUT2D eigenvalue weighted by molar-refractivity contribution is 0.0697. The molecule has 1 fully saturated rings. The maximum Gasteiger partial charge on any atom is 0.335 e. The number of hydrogen-bond acceptors (Lipinski definition) is 5. The van der Waals surface area contributed by atoms with Crippen molar-refractivity contribution in [3.05, 3.63) is 78.1 Å². The van der Waals surface area contributed by atoms with Gasteiger partial charge in [-0.05, 0) is 79.8 Å². The largest absolute Gasteiger partial charge is 0.493 e. The summed E-state index contributed by atoms with van der Waals surface area (Å²) >= 11 is 0. The number of methoxy groups -OCH3 is 1. The summed E-state index contributed by atoms with van der Waals surface area (Å²) in [5.41, 5.74) is 3.17. The third-order valence-corrected chi connectivity index (χ3v) is 5.57. The van der Waals surface area contributed by atoms with Crippen molar-refractivity contribution in [2.75, 3.05) is 12.0 Å². The predicted molar refractivity (Wildman–Crippen MR) is 119 cm³/mol. The van der Waals surface area contributed by atoms with E-state index in [4.69, 9.17) is 9.47 Å². The molecule has 160 valence electrons. The van der Waals surface area contributed by atoms with Crippen molar-refractivity contribution in [1.29, 1.82) is 0 Å². The van der Waals surface area contributed by atoms with Crippen LogP contribution in [0.1, 0.15) is 41.6 Å². The van der Waals surface area contributed by atoms with Gasteiger partial charge in [0.2, 0.25) is 0 Å². The summed E-state index contributed by atoms with van der Waals surface area (Å²) < 4.78 is 11.8. The van der Waals surface area contributed by atoms with Crippen LogP contribution in [-0.4, -0.2) is 29.3 Å². The van der Waals surface area contributed by atoms with Crippen LogP contribution in [0, 0.1) is 0 Å². The van der Waals surface area contributed by atoms with Crippen LogP contribution in [0.2, 0.25) is 0 Å². The first-order valence-corrected chi connectivity index (χ1v) is 10.5. The van der Waals surface area contributed by atoms with Gasteiger partial charge in [-0.1, -0.05) is 0 Å². The quantitative estimate of drug-likeness (QED) is 0.525. The zero-order valence-corrected chi connectivity index (χ0v) is 17.5. The van der Waals surface area contributed by atoms with Crippen molar-refractivity contribution in [2.24, 2.45) is 0 Å². The van der Waals surface area contributed by atoms with Crippen molar-refractivity contribution in [2.45, 2.75) is 38.3 Å². The summed E-state index contributed by atoms with van der Waals surface area (Å²) in [7, 11) is 1.65. The van der Waals surface area contributed by atoms with Gasteiger partial charge in [-0.3, -0.25) is 4.98 Å². The smallest absolute Gasteiger partial charge is 0.335 e. The van der Waals surface area contributed by atoms with Crippen LogP contribution >= 0.6 is 0 Å². The second kappa shape index (κ2) is 9.51. The van der Waals surface area contributed by atoms with Gasteiger partial charge in [0.05, 0.1) is 18.8 Å². The van der Waals surface area contributed by atoms with Crippen LogP contribution in [0.15, 0.2) is 67.0 Å². The fourth-order valence-corrected chi connectivity index (χ4v) is 3.90. The maximum atomic E-state index is 11.3. The Balaban J connectivity index is 1.70. The SMILES string of the molecule is COc1ccc(N(Cc2ccncc2)c2ccc(C(=O)O)cc2)cc1OC1CCCC1. The zero-order valence-electron chi connectivity index (χ0n) is 17.5. The first-order valence-electron chi connectivity index (χ1n) is 10.5. The van der Waals surface area contributed by atoms with Crippen LogP contribution in [0.3, 0.4) is 0 Å². The van der Waals surface area contributed by atoms with Gasteiger partial charge in [0.25, 0.3) is 0 Å². The van der Waals surface area contributed by atoms with Gasteiger partial charge in [-0.25, -0.2) is 4.79 Å². The van der Waals surface area contributed by atoms with E-state index in [1.165, 1.54) is 12.8 Å². The number of ether oxygens (including phenoxy) is 2. The highest BCUT2D eigenvalue weighted by molar-refractivity contribution is 5.88. The molecule has 0 saturated heterocycles. The molecule has 1 aliphatic carbocycles. The van der Waals surface area contributed by atoms with Gasteiger partial charge in [-0.2, -0.15) is 0 Å². The van der Waals surface area contributed by atoms with E-state index in [9.17, 15) is 9.90 Å². The highest BCUT2D eigenvalue weighted by Crippen LogP contribution is 2.37. The summed E-state index contributed by atoms with van der Waals surface area (Å²) in [5, 5.41) is 9.25. The molecule has 0 amide bonds. The number of carboxylic acids is 1. The molecule has 31 heavy (non-hydrogen) atoms. The van der Waals surface area contributed by atoms with Gasteiger partial charge in [0.1, 0.15) is 0 Å². The third-order valence-electron chi connectivity index (χ3n) is 5.57. The fraction of sp³-hybridized carbons (Fsp3) is 0.280. The van der Waals surface area contributed by atoms with E-state index in [0.29, 0.717) is 12.3 Å². The summed E-state index contributed by atoms with van der Waals surface area (Å²) in [5.74, 6) is 0.499. The zero-order chi connectivity index (χ0) is 21.6. The molecular weight excluding hydrogens is 392 g/mol. The van der Waals surface area contributed by atoms with E-state index in [1.807, 2.05) is 42.5 Å². The third kappa shape index (κ3) is 4.97. The Morgan fingerprint density at radius 1 is 1.00 bits per heavy atom. The topological polar surface area (TPSA) is 71.9 Å². The molecule has 0 atom stereocenters. The minimum Gasteiger partial charge on any atom is -0.493 e. The summed E-state index contributed by atoms with van der Waals surface area (Å²) in [6, 6.07) is 16.8. The van der Waals surface area contributed by atoms with Crippen molar-refractivity contribution in [1.82, 2.24) is 4.98 Å². The molecule has 4 rings (SSSR count). The van der Waals surface area contributed by atoms with Gasteiger partial charge in [0.15, 0.2) is 11.5 Å². The molecule has 1 N–H and O–H groups in total. The van der Waals surface area contributed by atoms with Crippen LogP contribution in [-0.2, 0) is 6.54 Å². The minimum atomic E-state index is -0.941. The number of hydrogen-bond donors (Lipinski definition) is 1. The van der Waals surface area contributed by atoms with Crippen molar-refractivity contribution >= 4 is 17.3 Å². The predicted octanol–water partition coefficient (Wildman–Crippen LogP) is 5.45. The Morgan fingerprint density at radius 3 is 2.32 bits per heavy atom. The van der Waals surface area contributed by atoms with E-state index >= 15 is 0 Å². The van der Waals surface area contributed by atoms with E-state index in [-0.39, 0.29) is 11.7 Å². The highest BCUT2D eigenvalue weighted by Gasteiger charge is 2.20. The molecule has 1 aromatic heterocycles. The summed E-state index contributed by atoms with van der Waals surface area (Å²) in [6.07, 6.45) is 8.25. The number of aromatic nitrogens is 1. The molecule has 0 bridgehead atoms. The van der Waals surface area contributed by atoms with Crippen molar-refractivity contribution in [3.63, 3.8) is 0 Å². The van der Waals surface area contributed by atoms with Gasteiger partial charge >= 0.3 is 5.97 Å². The van der Waals surface area contributed by atoms with Gasteiger partial charge in [0, 0.05) is 36.4 Å². The lowest BCUT2D eigenvalue weighted by atomic mass is 10.1. The Bertz CT molecular complexity index is 1020. The number of carboxylic acid groups (broad SMARTS) is 1. The molecular formula is C25H26N2O4. The molecule has 6 heteroatoms. The van der Waals surface area contributed by atoms with E-state index in [2.05, 4.69) is 9.88 Å². The number of rotatable bonds is 8. The van der Waals surface area contributed by atoms with Crippen LogP contribution < -0.4 is 14.4 Å². The highest BCUT2D eigenvalue weighted by atomic mass is 16.5. The Kier molecular flexibility index (Phi) is 6.36. The number of aromatic carboxylic acids is 1. The molecule has 0 unspecified atom stereocenters. The second-order valence-electron chi connectivity index (χ2n) is 7.65. The molecule has 6 nitrogen and oxygen atoms in total. The number of anilines is 2. The monoisotopic (exact) mass is 418 g/mol. The lowest BCUT2D eigenvalue weighted by Gasteiger charge is -2.27. The maximum absolute atomic E-state index is 11.3. The van der Waals surface area contributed by atoms with Crippen LogP contribution in [0.5, 0.6) is 11.5 Å². The van der Waals surface area contributed by atoms with Crippen molar-refractivity contribution in [3.8, 4) is 11.5 Å². The average molecular weight is 418 g/mol. The molecule has 0 spiro atoms. The number of carbonyl (C=O) groups is 1. The molecule has 2 aromatic carbocycles. The average Bonchev–Trinajstić information content (AvgIpc) is 3.31. The second-order valence-corrected chi connectivity index (χ2v) is 7.65. The fourth-order valence-electron chi connectivity index (χ4n) is 3.90. The Morgan fingerprint density at radius 2 is 1.68 bits per heavy atom. The Labute approximate surface area is 182 Å². The standard InChI is InChI=1S/C25H26N2O4/c1-30-23-11-10-21(16-24(23)31-22-4-2-3-5-22)27(17-18-12-14-26-15-13-18)20-8-6-19(7-9-20)25(28)29/h6-16,22H,2-5,17H2,1H3,(H,28,29). The molecule has 0 aliphatic heterocycles. The molecule has 1 aliphatic rings. The first-order chi connectivity index (χ1) is 15.1. The first kappa shape index (κ1) is 20.7. The van der Waals surface area contributed by atoms with Crippen LogP contribution in [0.25, 0.3) is 0 Å². The summed E-state index contributed by atoms with van der Waals surface area (Å²) in [4.78, 5) is 17.5. The molecule has 0 radical (unpaired) electrons. The normalized spacial score (nSPS) is 13.7. The van der Waals surface area contributed by atoms with E-state index in [1.54, 1.807) is 31.6 Å². The Hall–Kier alpha value is -3.54. The summed E-state index contributed by atoms with van der Waals surface area (Å²) in [6.45, 7) is 0.601. The van der Waals surface area contributed by atoms with E-state index < -0.39 is 5.97 Å². The number of nitrogens with zero attached hydrogens (tertiary/aromatic N) is 2.